The second kappa shape index (κ2) is 22.6. The fourth-order valence-electron chi connectivity index (χ4n) is 6.92. The fraction of sp³-hybridized carbons (Fsp3) is 0.514. The number of imidazole rings is 1. The number of nitrogen functional groups attached to an aromatic ring is 2. The minimum Gasteiger partial charge on any atom is -0.455 e. The van der Waals surface area contributed by atoms with E-state index in [1.165, 1.54) is 35.3 Å². The third-order valence-electron chi connectivity index (χ3n) is 10.0. The summed E-state index contributed by atoms with van der Waals surface area (Å²) in [6, 6.07) is 6.02. The van der Waals surface area contributed by atoms with Crippen molar-refractivity contribution in [2.24, 2.45) is 5.11 Å². The van der Waals surface area contributed by atoms with Gasteiger partial charge in [-0.3, -0.25) is 22.7 Å². The quantitative estimate of drug-likeness (QED) is 0.0119. The largest absolute Gasteiger partial charge is 0.472 e. The number of phosphoric ester groups is 2. The van der Waals surface area contributed by atoms with Gasteiger partial charge in [0.05, 0.1) is 19.5 Å². The minimum atomic E-state index is -5.30. The zero-order valence-electron chi connectivity index (χ0n) is 37.3. The smallest absolute Gasteiger partial charge is 0.455 e. The van der Waals surface area contributed by atoms with E-state index < -0.39 is 107 Å². The SMILES string of the molecule is CC(C)(C)OC(=O)N[C@H](CCCNC(=O)OCc1ccc(N=[N+]=[N-])cc1)C(=O)OC1C(COP(=O)(O)O[C@H]2C[C@H](n3ccc(N)nc3=O)O[C@@H]2COP(=O)(O)O)OC(n2cnc3c(N)ncnc32)C1O. The molecule has 0 saturated carbocycles. The van der Waals surface area contributed by atoms with Gasteiger partial charge in [0.15, 0.2) is 23.8 Å². The van der Waals surface area contributed by atoms with Gasteiger partial charge in [-0.1, -0.05) is 29.4 Å². The number of nitrogens with one attached hydrogen (secondary N) is 2. The predicted molar refractivity (Wildman–Crippen MR) is 235 cm³/mol. The number of hydrogen-bond acceptors (Lipinski definition) is 22. The van der Waals surface area contributed by atoms with Crippen molar-refractivity contribution in [3.05, 3.63) is 75.7 Å². The first-order valence-electron chi connectivity index (χ1n) is 20.9. The van der Waals surface area contributed by atoms with E-state index in [0.717, 1.165) is 10.9 Å². The second-order valence-electron chi connectivity index (χ2n) is 16.3. The van der Waals surface area contributed by atoms with Crippen LogP contribution in [0.25, 0.3) is 21.6 Å². The highest BCUT2D eigenvalue weighted by atomic mass is 31.2. The van der Waals surface area contributed by atoms with Gasteiger partial charge < -0.3 is 65.6 Å². The molecule has 31 nitrogen and oxygen atoms in total. The average molecular weight is 1030 g/mol. The first-order valence-corrected chi connectivity index (χ1v) is 23.9. The van der Waals surface area contributed by atoms with Crippen LogP contribution in [-0.4, -0.2) is 129 Å². The maximum absolute atomic E-state index is 14.0. The molecule has 5 unspecified atom stereocenters. The number of azide groups is 1. The first kappa shape index (κ1) is 53.0. The molecule has 0 spiro atoms. The van der Waals surface area contributed by atoms with Gasteiger partial charge in [-0.25, -0.2) is 43.3 Å². The third kappa shape index (κ3) is 14.6. The van der Waals surface area contributed by atoms with Crippen molar-refractivity contribution in [3.63, 3.8) is 0 Å². The van der Waals surface area contributed by atoms with Crippen molar-refractivity contribution in [2.45, 2.75) is 101 Å². The average Bonchev–Trinajstić information content (AvgIpc) is 3.97. The zero-order chi connectivity index (χ0) is 51.0. The molecule has 33 heteroatoms. The number of rotatable bonds is 20. The number of hydrogen-bond donors (Lipinski definition) is 8. The number of benzene rings is 1. The van der Waals surface area contributed by atoms with Gasteiger partial charge >= 0.3 is 39.5 Å². The van der Waals surface area contributed by atoms with Crippen LogP contribution in [0.4, 0.5) is 26.9 Å². The second-order valence-corrected chi connectivity index (χ2v) is 19.0. The molecule has 70 heavy (non-hydrogen) atoms. The molecule has 1 aromatic carbocycles. The van der Waals surface area contributed by atoms with Crippen molar-refractivity contribution in [3.8, 4) is 0 Å². The highest BCUT2D eigenvalue weighted by Crippen LogP contribution is 2.50. The molecule has 0 radical (unpaired) electrons. The summed E-state index contributed by atoms with van der Waals surface area (Å²) in [7, 11) is -10.4. The van der Waals surface area contributed by atoms with Crippen molar-refractivity contribution >= 4 is 62.3 Å². The summed E-state index contributed by atoms with van der Waals surface area (Å²) in [5.74, 6) is -1.32. The molecule has 380 valence electrons. The van der Waals surface area contributed by atoms with Crippen molar-refractivity contribution in [1.29, 1.82) is 0 Å². The summed E-state index contributed by atoms with van der Waals surface area (Å²) in [6.45, 7) is 2.70. The number of carbonyl (C=O) groups excluding carboxylic acids is 3. The number of ether oxygens (including phenoxy) is 5. The molecule has 9 atom stereocenters. The van der Waals surface area contributed by atoms with Crippen molar-refractivity contribution in [2.75, 3.05) is 31.2 Å². The number of fused-ring (bicyclic) bond motifs is 1. The van der Waals surface area contributed by atoms with E-state index in [0.29, 0.717) is 11.3 Å². The molecule has 0 aliphatic carbocycles. The third-order valence-corrected chi connectivity index (χ3v) is 11.5. The van der Waals surface area contributed by atoms with Crippen molar-refractivity contribution < 1.29 is 80.6 Å². The Morgan fingerprint density at radius 2 is 1.74 bits per heavy atom. The Morgan fingerprint density at radius 3 is 2.43 bits per heavy atom. The number of esters is 1. The van der Waals surface area contributed by atoms with E-state index in [4.69, 9.17) is 49.7 Å². The van der Waals surface area contributed by atoms with Crippen LogP contribution in [0, 0.1) is 0 Å². The number of nitrogens with zero attached hydrogens (tertiary/aromatic N) is 9. The molecule has 2 aliphatic rings. The van der Waals surface area contributed by atoms with Crippen LogP contribution in [0.15, 0.2) is 59.1 Å². The topological polar surface area (TPSA) is 443 Å². The monoisotopic (exact) mass is 1030 g/mol. The summed E-state index contributed by atoms with van der Waals surface area (Å²) in [6.07, 6.45) is -9.82. The van der Waals surface area contributed by atoms with Gasteiger partial charge in [0.2, 0.25) is 0 Å². The standard InChI is InChI=1S/C37H49N13O18P2/c1-37(2,3)67-36(55)45-21(5-4-11-41-35(54)61-14-19-6-8-20(9-7-19)47-48-40)33(52)66-29-24(65-32(28(29)51)50-18-44-27-30(39)42-17-43-31(27)50)16-63-70(59,60)68-22-13-26(49-12-10-25(38)46-34(49)53)64-23(22)15-62-69(56,57)58/h6-10,12,17-18,21-24,26,28-29,32,51H,4-5,11,13-16H2,1-3H3,(H,41,54)(H,45,55)(H,59,60)(H2,38,46,53)(H2,39,42,43)(H2,56,57,58)/t21-,22+,23-,24?,26-,28?,29?,32?/m1/s1. The zero-order valence-corrected chi connectivity index (χ0v) is 39.1. The molecule has 5 heterocycles. The Hall–Kier alpha value is -6.33. The molecule has 4 aromatic rings. The van der Waals surface area contributed by atoms with Crippen LogP contribution in [-0.2, 0) is 57.8 Å². The molecular weight excluding hydrogens is 976 g/mol. The summed E-state index contributed by atoms with van der Waals surface area (Å²) in [5, 5.41) is 20.2. The molecule has 2 aliphatic heterocycles. The van der Waals surface area contributed by atoms with Gasteiger partial charge in [-0.2, -0.15) is 4.98 Å². The number of aliphatic hydroxyl groups is 1. The Bertz CT molecular complexity index is 2710. The number of anilines is 2. The van der Waals surface area contributed by atoms with Gasteiger partial charge in [0, 0.05) is 29.8 Å². The maximum Gasteiger partial charge on any atom is 0.472 e. The number of nitrogens with two attached hydrogens (primary N) is 2. The van der Waals surface area contributed by atoms with Crippen LogP contribution < -0.4 is 27.8 Å². The lowest BCUT2D eigenvalue weighted by Crippen LogP contribution is -2.48. The van der Waals surface area contributed by atoms with Crippen LogP contribution in [0.1, 0.15) is 58.1 Å². The predicted octanol–water partition coefficient (Wildman–Crippen LogP) is 1.86. The molecule has 2 amide bonds. The molecule has 2 fully saturated rings. The van der Waals surface area contributed by atoms with E-state index in [9.17, 15) is 48.1 Å². The van der Waals surface area contributed by atoms with E-state index in [2.05, 4.69) is 45.1 Å². The lowest BCUT2D eigenvalue weighted by atomic mass is 10.1. The highest BCUT2D eigenvalue weighted by molar-refractivity contribution is 7.47. The molecule has 10 N–H and O–H groups in total. The Kier molecular flexibility index (Phi) is 17.1. The Morgan fingerprint density at radius 1 is 1.01 bits per heavy atom. The number of carbonyl (C=O) groups is 3. The van der Waals surface area contributed by atoms with Gasteiger partial charge in [0.1, 0.15) is 66.6 Å². The van der Waals surface area contributed by atoms with Gasteiger partial charge in [0.25, 0.3) is 0 Å². The van der Waals surface area contributed by atoms with E-state index in [1.807, 2.05) is 0 Å². The highest BCUT2D eigenvalue weighted by Gasteiger charge is 2.50. The van der Waals surface area contributed by atoms with Crippen LogP contribution in [0.3, 0.4) is 0 Å². The minimum absolute atomic E-state index is 0.0328. The molecular formula is C37H49N13O18P2. The van der Waals surface area contributed by atoms with E-state index >= 15 is 0 Å². The number of phosphoric acid groups is 2. The van der Waals surface area contributed by atoms with E-state index in [1.54, 1.807) is 32.9 Å². The van der Waals surface area contributed by atoms with Gasteiger partial charge in [-0.05, 0) is 50.8 Å². The fourth-order valence-corrected chi connectivity index (χ4v) is 8.23. The maximum atomic E-state index is 14.0. The molecule has 0 bridgehead atoms. The number of aliphatic hydroxyl groups excluding tert-OH is 1. The normalized spacial score (nSPS) is 22.6. The van der Waals surface area contributed by atoms with Crippen LogP contribution in [0.2, 0.25) is 0 Å². The summed E-state index contributed by atoms with van der Waals surface area (Å²) >= 11 is 0. The number of aromatic nitrogens is 6. The molecule has 6 rings (SSSR count). The summed E-state index contributed by atoms with van der Waals surface area (Å²) in [4.78, 5) is 100. The van der Waals surface area contributed by atoms with Crippen LogP contribution in [0.5, 0.6) is 0 Å². The Balaban J connectivity index is 1.17. The molecule has 2 saturated heterocycles. The summed E-state index contributed by atoms with van der Waals surface area (Å²) < 4.78 is 70.7. The lowest BCUT2D eigenvalue weighted by molar-refractivity contribution is -0.159. The van der Waals surface area contributed by atoms with E-state index in [-0.39, 0.29) is 55.2 Å². The first-order chi connectivity index (χ1) is 33.0. The van der Waals surface area contributed by atoms with Crippen molar-refractivity contribution in [1.82, 2.24) is 39.7 Å². The number of alkyl carbamates (subject to hydrolysis) is 2. The van der Waals surface area contributed by atoms with Gasteiger partial charge in [-0.15, -0.1) is 0 Å². The molecule has 3 aromatic heterocycles. The Labute approximate surface area is 395 Å². The number of amides is 2. The van der Waals surface area contributed by atoms with Crippen LogP contribution >= 0.6 is 15.6 Å². The summed E-state index contributed by atoms with van der Waals surface area (Å²) in [5.41, 5.74) is 19.3. The lowest BCUT2D eigenvalue weighted by Gasteiger charge is -2.26.